The van der Waals surface area contributed by atoms with Gasteiger partial charge >= 0.3 is 0 Å². The summed E-state index contributed by atoms with van der Waals surface area (Å²) < 4.78 is 0. The molecule has 3 aromatic rings. The van der Waals surface area contributed by atoms with Crippen LogP contribution in [0.15, 0.2) is 72.8 Å². The molecule has 0 aliphatic rings. The molecule has 2 unspecified atom stereocenters. The molecule has 0 spiro atoms. The van der Waals surface area contributed by atoms with E-state index in [1.54, 1.807) is 36.4 Å². The van der Waals surface area contributed by atoms with Crippen molar-refractivity contribution < 1.29 is 15.3 Å². The Labute approximate surface area is 179 Å². The highest BCUT2D eigenvalue weighted by Crippen LogP contribution is 2.40. The van der Waals surface area contributed by atoms with E-state index in [4.69, 9.17) is 0 Å². The second-order valence-corrected chi connectivity index (χ2v) is 8.15. The minimum atomic E-state index is 0.286. The van der Waals surface area contributed by atoms with Crippen molar-refractivity contribution in [2.24, 2.45) is 0 Å². The lowest BCUT2D eigenvalue weighted by atomic mass is 9.77. The van der Waals surface area contributed by atoms with E-state index in [9.17, 15) is 15.3 Å². The first-order chi connectivity index (χ1) is 14.5. The van der Waals surface area contributed by atoms with Crippen molar-refractivity contribution in [3.05, 3.63) is 89.5 Å². The van der Waals surface area contributed by atoms with Crippen LogP contribution in [0.2, 0.25) is 0 Å². The average Bonchev–Trinajstić information content (AvgIpc) is 2.76. The van der Waals surface area contributed by atoms with Crippen molar-refractivity contribution in [2.75, 3.05) is 0 Å². The Hall–Kier alpha value is -2.94. The molecule has 0 aromatic heterocycles. The first-order valence-corrected chi connectivity index (χ1v) is 10.9. The van der Waals surface area contributed by atoms with Crippen molar-refractivity contribution in [3.8, 4) is 17.2 Å². The predicted molar refractivity (Wildman–Crippen MR) is 122 cm³/mol. The minimum absolute atomic E-state index is 0.286. The van der Waals surface area contributed by atoms with Crippen molar-refractivity contribution in [2.45, 2.75) is 57.3 Å². The van der Waals surface area contributed by atoms with Crippen molar-refractivity contribution in [1.82, 2.24) is 0 Å². The molecular weight excluding hydrogens is 372 g/mol. The number of benzene rings is 3. The highest BCUT2D eigenvalue weighted by atomic mass is 16.3. The molecule has 0 bridgehead atoms. The molecular formula is C27H32O3. The van der Waals surface area contributed by atoms with Crippen LogP contribution in [-0.2, 0) is 0 Å². The van der Waals surface area contributed by atoms with Gasteiger partial charge in [0, 0.05) is 0 Å². The van der Waals surface area contributed by atoms with Gasteiger partial charge in [0.05, 0.1) is 0 Å². The molecule has 158 valence electrons. The van der Waals surface area contributed by atoms with Crippen LogP contribution in [0.5, 0.6) is 17.2 Å². The van der Waals surface area contributed by atoms with Crippen LogP contribution >= 0.6 is 0 Å². The lowest BCUT2D eigenvalue weighted by Gasteiger charge is -2.27. The third-order valence-electron chi connectivity index (χ3n) is 6.22. The highest BCUT2D eigenvalue weighted by molar-refractivity contribution is 5.33. The summed E-state index contributed by atoms with van der Waals surface area (Å²) in [6.45, 7) is 4.42. The Kier molecular flexibility index (Phi) is 7.40. The van der Waals surface area contributed by atoms with Gasteiger partial charge in [0.1, 0.15) is 17.2 Å². The SMILES string of the molecule is CCC(CC(CC(CC)c1ccc(O)cc1)c1ccc(O)cc1)c1ccc(O)cc1. The minimum Gasteiger partial charge on any atom is -0.508 e. The molecule has 3 aromatic carbocycles. The number of aromatic hydroxyl groups is 3. The molecule has 0 aliphatic heterocycles. The van der Waals surface area contributed by atoms with E-state index in [1.807, 2.05) is 36.4 Å². The Morgan fingerprint density at radius 3 is 1.00 bits per heavy atom. The maximum atomic E-state index is 9.76. The number of phenols is 3. The van der Waals surface area contributed by atoms with Crippen LogP contribution < -0.4 is 0 Å². The fourth-order valence-electron chi connectivity index (χ4n) is 4.37. The van der Waals surface area contributed by atoms with Crippen LogP contribution in [0.1, 0.15) is 74.0 Å². The summed E-state index contributed by atoms with van der Waals surface area (Å²) in [6, 6.07) is 22.7. The fraction of sp³-hybridized carbons (Fsp3) is 0.333. The van der Waals surface area contributed by atoms with Crippen LogP contribution in [-0.4, -0.2) is 15.3 Å². The molecule has 3 N–H and O–H groups in total. The Balaban J connectivity index is 1.88. The summed E-state index contributed by atoms with van der Waals surface area (Å²) >= 11 is 0. The predicted octanol–water partition coefficient (Wildman–Crippen LogP) is 7.05. The van der Waals surface area contributed by atoms with Crippen LogP contribution in [0, 0.1) is 0 Å². The smallest absolute Gasteiger partial charge is 0.115 e. The second kappa shape index (κ2) is 10.2. The van der Waals surface area contributed by atoms with Gasteiger partial charge in [0.25, 0.3) is 0 Å². The molecule has 0 saturated heterocycles. The number of hydrogen-bond donors (Lipinski definition) is 3. The first-order valence-electron chi connectivity index (χ1n) is 10.9. The summed E-state index contributed by atoms with van der Waals surface area (Å²) in [5, 5.41) is 29.1. The molecule has 3 rings (SSSR count). The Morgan fingerprint density at radius 1 is 0.467 bits per heavy atom. The van der Waals surface area contributed by atoms with Gasteiger partial charge in [0.2, 0.25) is 0 Å². The van der Waals surface area contributed by atoms with Gasteiger partial charge in [-0.25, -0.2) is 0 Å². The number of rotatable bonds is 9. The third kappa shape index (κ3) is 5.56. The molecule has 3 heteroatoms. The molecule has 0 heterocycles. The summed E-state index contributed by atoms with van der Waals surface area (Å²) in [5.74, 6) is 1.99. The van der Waals surface area contributed by atoms with Gasteiger partial charge in [-0.2, -0.15) is 0 Å². The normalized spacial score (nSPS) is 14.2. The highest BCUT2D eigenvalue weighted by Gasteiger charge is 2.23. The molecule has 0 saturated carbocycles. The van der Waals surface area contributed by atoms with Crippen LogP contribution in [0.25, 0.3) is 0 Å². The summed E-state index contributed by atoms with van der Waals surface area (Å²) in [4.78, 5) is 0. The fourth-order valence-corrected chi connectivity index (χ4v) is 4.37. The quantitative estimate of drug-likeness (QED) is 0.358. The molecule has 0 radical (unpaired) electrons. The van der Waals surface area contributed by atoms with Gasteiger partial charge < -0.3 is 15.3 Å². The zero-order chi connectivity index (χ0) is 21.5. The lowest BCUT2D eigenvalue weighted by molar-refractivity contribution is 0.445. The number of phenolic OH excluding ortho intramolecular Hbond substituents is 3. The third-order valence-corrected chi connectivity index (χ3v) is 6.22. The van der Waals surface area contributed by atoms with Gasteiger partial charge in [-0.1, -0.05) is 50.2 Å². The molecule has 30 heavy (non-hydrogen) atoms. The summed E-state index contributed by atoms with van der Waals surface area (Å²) in [5.41, 5.74) is 3.73. The number of hydrogen-bond acceptors (Lipinski definition) is 3. The molecule has 0 amide bonds. The van der Waals surface area contributed by atoms with E-state index in [1.165, 1.54) is 16.7 Å². The van der Waals surface area contributed by atoms with Gasteiger partial charge in [-0.3, -0.25) is 0 Å². The molecule has 2 atom stereocenters. The van der Waals surface area contributed by atoms with Gasteiger partial charge in [0.15, 0.2) is 0 Å². The van der Waals surface area contributed by atoms with Crippen LogP contribution in [0.4, 0.5) is 0 Å². The second-order valence-electron chi connectivity index (χ2n) is 8.15. The van der Waals surface area contributed by atoms with E-state index in [0.29, 0.717) is 29.3 Å². The summed E-state index contributed by atoms with van der Waals surface area (Å²) in [7, 11) is 0. The average molecular weight is 405 g/mol. The molecule has 0 fully saturated rings. The molecule has 3 nitrogen and oxygen atoms in total. The van der Waals surface area contributed by atoms with Crippen molar-refractivity contribution in [3.63, 3.8) is 0 Å². The monoisotopic (exact) mass is 404 g/mol. The lowest BCUT2D eigenvalue weighted by Crippen LogP contribution is -2.11. The topological polar surface area (TPSA) is 60.7 Å². The zero-order valence-electron chi connectivity index (χ0n) is 17.8. The van der Waals surface area contributed by atoms with Gasteiger partial charge in [-0.05, 0) is 96.5 Å². The van der Waals surface area contributed by atoms with Gasteiger partial charge in [-0.15, -0.1) is 0 Å². The van der Waals surface area contributed by atoms with E-state index in [0.717, 1.165) is 25.7 Å². The first kappa shape index (κ1) is 21.8. The van der Waals surface area contributed by atoms with Crippen molar-refractivity contribution >= 4 is 0 Å². The Morgan fingerprint density at radius 2 is 0.733 bits per heavy atom. The maximum absolute atomic E-state index is 9.76. The summed E-state index contributed by atoms with van der Waals surface area (Å²) in [6.07, 6.45) is 4.05. The molecule has 0 aliphatic carbocycles. The zero-order valence-corrected chi connectivity index (χ0v) is 17.8. The van der Waals surface area contributed by atoms with Crippen LogP contribution in [0.3, 0.4) is 0 Å². The standard InChI is InChI=1S/C27H32O3/c1-3-19(21-5-11-25(28)12-6-21)17-24(23-9-15-27(30)16-10-23)18-20(4-2)22-7-13-26(29)14-8-22/h5-16,19-20,24,28-30H,3-4,17-18H2,1-2H3. The van der Waals surface area contributed by atoms with E-state index < -0.39 is 0 Å². The maximum Gasteiger partial charge on any atom is 0.115 e. The van der Waals surface area contributed by atoms with E-state index in [-0.39, 0.29) is 5.75 Å². The van der Waals surface area contributed by atoms with Crippen molar-refractivity contribution in [1.29, 1.82) is 0 Å². The van der Waals surface area contributed by atoms with E-state index in [2.05, 4.69) is 13.8 Å². The van der Waals surface area contributed by atoms with E-state index >= 15 is 0 Å². The largest absolute Gasteiger partial charge is 0.508 e. The Bertz CT molecular complexity index is 843.